The van der Waals surface area contributed by atoms with E-state index in [1.54, 1.807) is 7.11 Å². The maximum absolute atomic E-state index is 5.17. The van der Waals surface area contributed by atoms with Gasteiger partial charge >= 0.3 is 0 Å². The molecule has 20 heavy (non-hydrogen) atoms. The largest absolute Gasteiger partial charge is 0.497 e. The number of nitrogens with one attached hydrogen (secondary N) is 1. The maximum Gasteiger partial charge on any atom is 0.118 e. The van der Waals surface area contributed by atoms with Gasteiger partial charge in [0.15, 0.2) is 0 Å². The maximum atomic E-state index is 5.17. The monoisotopic (exact) mass is 275 g/mol. The fourth-order valence-corrected chi connectivity index (χ4v) is 3.07. The zero-order valence-electron chi connectivity index (χ0n) is 13.0. The highest BCUT2D eigenvalue weighted by Crippen LogP contribution is 2.29. The quantitative estimate of drug-likeness (QED) is 0.758. The Hall–Kier alpha value is -1.02. The third-order valence-electron chi connectivity index (χ3n) is 4.61. The smallest absolute Gasteiger partial charge is 0.118 e. The molecule has 1 fully saturated rings. The van der Waals surface area contributed by atoms with Crippen molar-refractivity contribution in [2.75, 3.05) is 20.2 Å². The SMILES string of the molecule is COc1ccc(CCNCCC2CCC(C)CC2)cc1. The molecule has 1 aromatic rings. The minimum atomic E-state index is 0.938. The van der Waals surface area contributed by atoms with Gasteiger partial charge in [-0.15, -0.1) is 0 Å². The van der Waals surface area contributed by atoms with E-state index in [1.807, 2.05) is 12.1 Å². The average molecular weight is 275 g/mol. The summed E-state index contributed by atoms with van der Waals surface area (Å²) in [5.41, 5.74) is 1.38. The predicted octanol–water partition coefficient (Wildman–Crippen LogP) is 4.04. The van der Waals surface area contributed by atoms with E-state index in [1.165, 1.54) is 44.2 Å². The number of hydrogen-bond donors (Lipinski definition) is 1. The normalized spacial score (nSPS) is 22.7. The van der Waals surface area contributed by atoms with E-state index < -0.39 is 0 Å². The lowest BCUT2D eigenvalue weighted by molar-refractivity contribution is 0.275. The minimum absolute atomic E-state index is 0.938. The van der Waals surface area contributed by atoms with Crippen LogP contribution in [0, 0.1) is 11.8 Å². The molecule has 1 saturated carbocycles. The van der Waals surface area contributed by atoms with Gasteiger partial charge in [0.25, 0.3) is 0 Å². The summed E-state index contributed by atoms with van der Waals surface area (Å²) in [6.45, 7) is 4.65. The van der Waals surface area contributed by atoms with Gasteiger partial charge in [0.2, 0.25) is 0 Å². The van der Waals surface area contributed by atoms with Crippen molar-refractivity contribution in [2.24, 2.45) is 11.8 Å². The van der Waals surface area contributed by atoms with Crippen LogP contribution in [0.25, 0.3) is 0 Å². The molecule has 1 N–H and O–H groups in total. The van der Waals surface area contributed by atoms with Gasteiger partial charge in [0, 0.05) is 0 Å². The number of benzene rings is 1. The van der Waals surface area contributed by atoms with E-state index in [-0.39, 0.29) is 0 Å². The summed E-state index contributed by atoms with van der Waals surface area (Å²) in [6, 6.07) is 8.39. The van der Waals surface area contributed by atoms with E-state index >= 15 is 0 Å². The van der Waals surface area contributed by atoms with Crippen LogP contribution in [0.2, 0.25) is 0 Å². The first-order chi connectivity index (χ1) is 9.78. The Morgan fingerprint density at radius 1 is 1.05 bits per heavy atom. The van der Waals surface area contributed by atoms with Crippen molar-refractivity contribution in [3.63, 3.8) is 0 Å². The first-order valence-corrected chi connectivity index (χ1v) is 8.11. The lowest BCUT2D eigenvalue weighted by Gasteiger charge is -2.26. The van der Waals surface area contributed by atoms with Gasteiger partial charge in [0.1, 0.15) is 5.75 Å². The molecule has 0 unspecified atom stereocenters. The van der Waals surface area contributed by atoms with Gasteiger partial charge in [-0.25, -0.2) is 0 Å². The predicted molar refractivity (Wildman–Crippen MR) is 85.3 cm³/mol. The molecule has 0 bridgehead atoms. The fraction of sp³-hybridized carbons (Fsp3) is 0.667. The van der Waals surface area contributed by atoms with E-state index in [4.69, 9.17) is 4.74 Å². The van der Waals surface area contributed by atoms with E-state index in [0.29, 0.717) is 0 Å². The molecule has 0 radical (unpaired) electrons. The van der Waals surface area contributed by atoms with Crippen molar-refractivity contribution in [1.82, 2.24) is 5.32 Å². The van der Waals surface area contributed by atoms with Crippen molar-refractivity contribution in [2.45, 2.75) is 45.4 Å². The molecular formula is C18H29NO. The topological polar surface area (TPSA) is 21.3 Å². The molecule has 0 aromatic heterocycles. The van der Waals surface area contributed by atoms with Crippen LogP contribution in [0.1, 0.15) is 44.6 Å². The second-order valence-corrected chi connectivity index (χ2v) is 6.26. The van der Waals surface area contributed by atoms with Crippen molar-refractivity contribution < 1.29 is 4.74 Å². The lowest BCUT2D eigenvalue weighted by atomic mass is 9.81. The van der Waals surface area contributed by atoms with Gasteiger partial charge in [-0.1, -0.05) is 44.7 Å². The summed E-state index contributed by atoms with van der Waals surface area (Å²) >= 11 is 0. The summed E-state index contributed by atoms with van der Waals surface area (Å²) < 4.78 is 5.17. The Kier molecular flexibility index (Phi) is 6.38. The van der Waals surface area contributed by atoms with Gasteiger partial charge in [-0.05, 0) is 55.5 Å². The van der Waals surface area contributed by atoms with E-state index in [0.717, 1.165) is 30.6 Å². The lowest BCUT2D eigenvalue weighted by Crippen LogP contribution is -2.22. The minimum Gasteiger partial charge on any atom is -0.497 e. The molecule has 2 rings (SSSR count). The van der Waals surface area contributed by atoms with Crippen LogP contribution in [0.5, 0.6) is 5.75 Å². The van der Waals surface area contributed by atoms with Crippen molar-refractivity contribution in [1.29, 1.82) is 0 Å². The van der Waals surface area contributed by atoms with E-state index in [9.17, 15) is 0 Å². The van der Waals surface area contributed by atoms with Crippen LogP contribution in [-0.4, -0.2) is 20.2 Å². The molecule has 1 aromatic carbocycles. The molecule has 0 saturated heterocycles. The zero-order valence-corrected chi connectivity index (χ0v) is 13.0. The van der Waals surface area contributed by atoms with Gasteiger partial charge in [-0.2, -0.15) is 0 Å². The number of hydrogen-bond acceptors (Lipinski definition) is 2. The average Bonchev–Trinajstić information content (AvgIpc) is 2.49. The molecular weight excluding hydrogens is 246 g/mol. The molecule has 0 heterocycles. The fourth-order valence-electron chi connectivity index (χ4n) is 3.07. The van der Waals surface area contributed by atoms with Crippen LogP contribution < -0.4 is 10.1 Å². The Labute approximate surface area is 123 Å². The first kappa shape index (κ1) is 15.4. The first-order valence-electron chi connectivity index (χ1n) is 8.11. The highest BCUT2D eigenvalue weighted by atomic mass is 16.5. The van der Waals surface area contributed by atoms with Crippen molar-refractivity contribution in [3.8, 4) is 5.75 Å². The summed E-state index contributed by atoms with van der Waals surface area (Å²) in [4.78, 5) is 0. The summed E-state index contributed by atoms with van der Waals surface area (Å²) in [5.74, 6) is 2.88. The number of ether oxygens (including phenoxy) is 1. The third-order valence-corrected chi connectivity index (χ3v) is 4.61. The van der Waals surface area contributed by atoms with Crippen LogP contribution in [0.15, 0.2) is 24.3 Å². The van der Waals surface area contributed by atoms with Crippen molar-refractivity contribution >= 4 is 0 Å². The standard InChI is InChI=1S/C18H29NO/c1-15-3-5-16(6-4-15)11-13-19-14-12-17-7-9-18(20-2)10-8-17/h7-10,15-16,19H,3-6,11-14H2,1-2H3. The van der Waals surface area contributed by atoms with Gasteiger partial charge in [-0.3, -0.25) is 0 Å². The Morgan fingerprint density at radius 2 is 1.75 bits per heavy atom. The molecule has 0 aliphatic heterocycles. The Bertz CT molecular complexity index is 366. The molecule has 0 atom stereocenters. The van der Waals surface area contributed by atoms with Crippen LogP contribution >= 0.6 is 0 Å². The van der Waals surface area contributed by atoms with Gasteiger partial charge < -0.3 is 10.1 Å². The molecule has 0 spiro atoms. The number of methoxy groups -OCH3 is 1. The molecule has 1 aliphatic rings. The highest BCUT2D eigenvalue weighted by molar-refractivity contribution is 5.27. The Morgan fingerprint density at radius 3 is 2.40 bits per heavy atom. The molecule has 0 amide bonds. The van der Waals surface area contributed by atoms with Crippen LogP contribution in [0.4, 0.5) is 0 Å². The van der Waals surface area contributed by atoms with Crippen molar-refractivity contribution in [3.05, 3.63) is 29.8 Å². The molecule has 2 heteroatoms. The van der Waals surface area contributed by atoms with E-state index in [2.05, 4.69) is 24.4 Å². The zero-order chi connectivity index (χ0) is 14.2. The summed E-state index contributed by atoms with van der Waals surface area (Å²) in [7, 11) is 1.71. The van der Waals surface area contributed by atoms with Crippen LogP contribution in [-0.2, 0) is 6.42 Å². The molecule has 112 valence electrons. The molecule has 1 aliphatic carbocycles. The van der Waals surface area contributed by atoms with Gasteiger partial charge in [0.05, 0.1) is 7.11 Å². The number of rotatable bonds is 7. The summed E-state index contributed by atoms with van der Waals surface area (Å²) in [5, 5.41) is 3.59. The highest BCUT2D eigenvalue weighted by Gasteiger charge is 2.17. The second-order valence-electron chi connectivity index (χ2n) is 6.26. The third kappa shape index (κ3) is 5.16. The summed E-state index contributed by atoms with van der Waals surface area (Å²) in [6.07, 6.45) is 8.23. The van der Waals surface area contributed by atoms with Crippen LogP contribution in [0.3, 0.4) is 0 Å². The second kappa shape index (κ2) is 8.31. The Balaban J connectivity index is 1.55. The molecule has 2 nitrogen and oxygen atoms in total.